The van der Waals surface area contributed by atoms with Crippen molar-refractivity contribution in [1.82, 2.24) is 9.97 Å². The summed E-state index contributed by atoms with van der Waals surface area (Å²) in [5.41, 5.74) is 2.36. The normalized spacial score (nSPS) is 10.2. The first kappa shape index (κ1) is 10.3. The molecule has 0 unspecified atom stereocenters. The van der Waals surface area contributed by atoms with Crippen LogP contribution >= 0.6 is 0 Å². The van der Waals surface area contributed by atoms with Gasteiger partial charge in [-0.2, -0.15) is 5.26 Å². The molecule has 0 fully saturated rings. The van der Waals surface area contributed by atoms with E-state index in [1.54, 1.807) is 0 Å². The second-order valence-electron chi connectivity index (χ2n) is 3.64. The number of aromatic nitrogens is 2. The zero-order valence-electron chi connectivity index (χ0n) is 8.95. The lowest BCUT2D eigenvalue weighted by Gasteiger charge is -2.17. The fraction of sp³-hybridized carbons (Fsp3) is 0.273. The Morgan fingerprint density at radius 2 is 2.12 bits per heavy atom. The minimum Gasteiger partial charge on any atom is -0.374 e. The third kappa shape index (κ3) is 1.91. The smallest absolute Gasteiger partial charge is 0.323 e. The Kier molecular flexibility index (Phi) is 2.64. The van der Waals surface area contributed by atoms with Crippen molar-refractivity contribution in [2.45, 2.75) is 6.42 Å². The largest absolute Gasteiger partial charge is 0.374 e. The van der Waals surface area contributed by atoms with E-state index in [9.17, 15) is 4.79 Å². The summed E-state index contributed by atoms with van der Waals surface area (Å²) in [5, 5.41) is 8.51. The fourth-order valence-electron chi connectivity index (χ4n) is 1.60. The summed E-state index contributed by atoms with van der Waals surface area (Å²) in [7, 11) is 1.92. The molecule has 0 bridgehead atoms. The predicted octanol–water partition coefficient (Wildman–Crippen LogP) is 1.21. The van der Waals surface area contributed by atoms with Gasteiger partial charge in [0.2, 0.25) is 0 Å². The molecule has 0 radical (unpaired) electrons. The summed E-state index contributed by atoms with van der Waals surface area (Å²) >= 11 is 0. The van der Waals surface area contributed by atoms with E-state index in [0.717, 1.165) is 16.7 Å². The molecule has 1 aromatic carbocycles. The van der Waals surface area contributed by atoms with Gasteiger partial charge in [-0.15, -0.1) is 0 Å². The molecule has 0 saturated heterocycles. The minimum absolute atomic E-state index is 0.202. The quantitative estimate of drug-likeness (QED) is 0.809. The van der Waals surface area contributed by atoms with Crippen molar-refractivity contribution in [3.05, 3.63) is 28.7 Å². The van der Waals surface area contributed by atoms with E-state index >= 15 is 0 Å². The van der Waals surface area contributed by atoms with Crippen LogP contribution < -0.4 is 10.6 Å². The van der Waals surface area contributed by atoms with Crippen molar-refractivity contribution in [2.24, 2.45) is 0 Å². The van der Waals surface area contributed by atoms with Gasteiger partial charge in [-0.3, -0.25) is 0 Å². The monoisotopic (exact) mass is 216 g/mol. The molecule has 0 spiro atoms. The molecule has 0 saturated carbocycles. The number of fused-ring (bicyclic) bond motifs is 1. The summed E-state index contributed by atoms with van der Waals surface area (Å²) in [6, 6.07) is 7.77. The lowest BCUT2D eigenvalue weighted by atomic mass is 10.2. The first-order valence-electron chi connectivity index (χ1n) is 5.01. The topological polar surface area (TPSA) is 75.7 Å². The zero-order chi connectivity index (χ0) is 11.5. The summed E-state index contributed by atoms with van der Waals surface area (Å²) in [6.45, 7) is 0.677. The summed E-state index contributed by atoms with van der Waals surface area (Å²) in [4.78, 5) is 18.4. The van der Waals surface area contributed by atoms with E-state index < -0.39 is 0 Å². The molecular weight excluding hydrogens is 204 g/mol. The van der Waals surface area contributed by atoms with Crippen LogP contribution in [0.15, 0.2) is 23.0 Å². The highest BCUT2D eigenvalue weighted by Crippen LogP contribution is 2.17. The highest BCUT2D eigenvalue weighted by Gasteiger charge is 2.03. The fourth-order valence-corrected chi connectivity index (χ4v) is 1.60. The van der Waals surface area contributed by atoms with Crippen molar-refractivity contribution in [3.63, 3.8) is 0 Å². The first-order valence-corrected chi connectivity index (χ1v) is 5.01. The van der Waals surface area contributed by atoms with E-state index in [2.05, 4.69) is 16.0 Å². The molecule has 1 heterocycles. The molecule has 0 atom stereocenters. The molecule has 2 N–H and O–H groups in total. The van der Waals surface area contributed by atoms with Crippen molar-refractivity contribution in [3.8, 4) is 6.07 Å². The van der Waals surface area contributed by atoms with Crippen LogP contribution in [0.2, 0.25) is 0 Å². The maximum absolute atomic E-state index is 11.1. The molecule has 5 nitrogen and oxygen atoms in total. The van der Waals surface area contributed by atoms with E-state index in [-0.39, 0.29) is 5.69 Å². The van der Waals surface area contributed by atoms with E-state index in [0.29, 0.717) is 13.0 Å². The lowest BCUT2D eigenvalue weighted by molar-refractivity contribution is 0.906. The van der Waals surface area contributed by atoms with Gasteiger partial charge in [-0.25, -0.2) is 4.79 Å². The van der Waals surface area contributed by atoms with Crippen LogP contribution in [0.5, 0.6) is 0 Å². The Bertz CT molecular complexity index is 590. The lowest BCUT2D eigenvalue weighted by Crippen LogP contribution is -2.17. The Morgan fingerprint density at radius 1 is 1.38 bits per heavy atom. The number of benzene rings is 1. The second kappa shape index (κ2) is 4.11. The molecule has 2 aromatic rings. The number of H-pyrrole nitrogens is 2. The number of aromatic amines is 2. The van der Waals surface area contributed by atoms with Crippen LogP contribution in [0.4, 0.5) is 5.69 Å². The molecule has 0 aliphatic heterocycles. The van der Waals surface area contributed by atoms with Crippen molar-refractivity contribution in [2.75, 3.05) is 18.5 Å². The van der Waals surface area contributed by atoms with Gasteiger partial charge in [0.15, 0.2) is 0 Å². The highest BCUT2D eigenvalue weighted by molar-refractivity contribution is 5.78. The van der Waals surface area contributed by atoms with Gasteiger partial charge in [0, 0.05) is 19.3 Å². The van der Waals surface area contributed by atoms with Crippen LogP contribution in [0.1, 0.15) is 6.42 Å². The molecule has 16 heavy (non-hydrogen) atoms. The average Bonchev–Trinajstić information content (AvgIpc) is 2.64. The molecule has 82 valence electrons. The third-order valence-electron chi connectivity index (χ3n) is 2.50. The van der Waals surface area contributed by atoms with Crippen molar-refractivity contribution < 1.29 is 0 Å². The van der Waals surface area contributed by atoms with Crippen molar-refractivity contribution in [1.29, 1.82) is 5.26 Å². The Labute approximate surface area is 92.3 Å². The molecule has 1 aromatic heterocycles. The standard InChI is InChI=1S/C11H12N4O/c1-15(6-2-5-12)8-3-4-9-10(7-8)14-11(16)13-9/h3-4,7H,2,6H2,1H3,(H2,13,14,16). The SMILES string of the molecule is CN(CCC#N)c1ccc2[nH]c(=O)[nH]c2c1. The number of nitrogens with one attached hydrogen (secondary N) is 2. The Balaban J connectivity index is 2.32. The third-order valence-corrected chi connectivity index (χ3v) is 2.50. The van der Waals surface area contributed by atoms with Gasteiger partial charge in [0.05, 0.1) is 23.5 Å². The Hall–Kier alpha value is -2.22. The van der Waals surface area contributed by atoms with Gasteiger partial charge in [0.1, 0.15) is 0 Å². The zero-order valence-corrected chi connectivity index (χ0v) is 8.95. The first-order chi connectivity index (χ1) is 7.70. The highest BCUT2D eigenvalue weighted by atomic mass is 16.1. The van der Waals surface area contributed by atoms with Crippen LogP contribution in [-0.4, -0.2) is 23.6 Å². The van der Waals surface area contributed by atoms with E-state index in [1.807, 2.05) is 30.1 Å². The number of rotatable bonds is 3. The molecule has 0 aliphatic carbocycles. The summed E-state index contributed by atoms with van der Waals surface area (Å²) in [5.74, 6) is 0. The van der Waals surface area contributed by atoms with Gasteiger partial charge in [-0.1, -0.05) is 0 Å². The van der Waals surface area contributed by atoms with Gasteiger partial charge in [0.25, 0.3) is 0 Å². The van der Waals surface area contributed by atoms with Gasteiger partial charge in [-0.05, 0) is 18.2 Å². The maximum Gasteiger partial charge on any atom is 0.323 e. The number of nitriles is 1. The van der Waals surface area contributed by atoms with Crippen LogP contribution in [0.25, 0.3) is 11.0 Å². The Morgan fingerprint density at radius 3 is 2.88 bits per heavy atom. The molecule has 0 amide bonds. The van der Waals surface area contributed by atoms with Gasteiger partial charge < -0.3 is 14.9 Å². The van der Waals surface area contributed by atoms with Crippen LogP contribution in [-0.2, 0) is 0 Å². The average molecular weight is 216 g/mol. The van der Waals surface area contributed by atoms with Crippen LogP contribution in [0.3, 0.4) is 0 Å². The summed E-state index contributed by atoms with van der Waals surface area (Å²) < 4.78 is 0. The summed E-state index contributed by atoms with van der Waals surface area (Å²) in [6.07, 6.45) is 0.484. The van der Waals surface area contributed by atoms with Gasteiger partial charge >= 0.3 is 5.69 Å². The molecule has 5 heteroatoms. The molecular formula is C11H12N4O. The predicted molar refractivity (Wildman–Crippen MR) is 62.4 cm³/mol. The number of hydrogen-bond donors (Lipinski definition) is 2. The number of nitrogens with zero attached hydrogens (tertiary/aromatic N) is 2. The molecule has 0 aliphatic rings. The van der Waals surface area contributed by atoms with E-state index in [1.165, 1.54) is 0 Å². The maximum atomic E-state index is 11.1. The van der Waals surface area contributed by atoms with Crippen molar-refractivity contribution >= 4 is 16.7 Å². The van der Waals surface area contributed by atoms with E-state index in [4.69, 9.17) is 5.26 Å². The number of imidazole rings is 1. The minimum atomic E-state index is -0.202. The molecule has 2 rings (SSSR count). The second-order valence-corrected chi connectivity index (χ2v) is 3.64. The van der Waals surface area contributed by atoms with Crippen LogP contribution in [0, 0.1) is 11.3 Å². The number of anilines is 1. The number of hydrogen-bond acceptors (Lipinski definition) is 3.